The predicted octanol–water partition coefficient (Wildman–Crippen LogP) is 2.80. The van der Waals surface area contributed by atoms with Gasteiger partial charge in [0.1, 0.15) is 0 Å². The number of amides is 1. The molecule has 0 unspecified atom stereocenters. The molecule has 1 aromatic carbocycles. The number of nitrogens with one attached hydrogen (secondary N) is 1. The quantitative estimate of drug-likeness (QED) is 0.739. The molecule has 0 radical (unpaired) electrons. The fourth-order valence-electron chi connectivity index (χ4n) is 3.43. The minimum absolute atomic E-state index is 0. The average molecular weight is 390 g/mol. The zero-order chi connectivity index (χ0) is 18.4. The van der Waals surface area contributed by atoms with E-state index in [2.05, 4.69) is 34.3 Å². The van der Waals surface area contributed by atoms with E-state index in [0.29, 0.717) is 24.8 Å². The molecule has 1 aromatic heterocycles. The number of nitrogens with zero attached hydrogens (tertiary/aromatic N) is 4. The first-order valence-corrected chi connectivity index (χ1v) is 9.27. The van der Waals surface area contributed by atoms with Crippen molar-refractivity contribution in [1.82, 2.24) is 25.2 Å². The zero-order valence-corrected chi connectivity index (χ0v) is 16.6. The van der Waals surface area contributed by atoms with E-state index in [1.165, 1.54) is 5.56 Å². The summed E-state index contributed by atoms with van der Waals surface area (Å²) in [5.41, 5.74) is 2.53. The molecule has 0 atom stereocenters. The van der Waals surface area contributed by atoms with Crippen molar-refractivity contribution >= 4 is 18.3 Å². The summed E-state index contributed by atoms with van der Waals surface area (Å²) >= 11 is 0. The monoisotopic (exact) mass is 389 g/mol. The van der Waals surface area contributed by atoms with E-state index in [1.807, 2.05) is 29.8 Å². The minimum Gasteiger partial charge on any atom is -0.333 e. The first-order valence-electron chi connectivity index (χ1n) is 9.27. The maximum atomic E-state index is 13.0. The molecular weight excluding hydrogens is 362 g/mol. The van der Waals surface area contributed by atoms with E-state index in [4.69, 9.17) is 0 Å². The lowest BCUT2D eigenvalue weighted by Gasteiger charge is -2.24. The van der Waals surface area contributed by atoms with Crippen LogP contribution in [0.15, 0.2) is 43.0 Å². The van der Waals surface area contributed by atoms with Crippen molar-refractivity contribution in [3.8, 4) is 0 Å². The highest BCUT2D eigenvalue weighted by molar-refractivity contribution is 5.93. The second-order valence-corrected chi connectivity index (χ2v) is 6.72. The van der Waals surface area contributed by atoms with Gasteiger partial charge < -0.3 is 10.2 Å². The molecule has 0 bridgehead atoms. The lowest BCUT2D eigenvalue weighted by molar-refractivity contribution is 0.0769. The Bertz CT molecular complexity index is 740. The molecule has 6 nitrogen and oxygen atoms in total. The third-order valence-electron chi connectivity index (χ3n) is 4.93. The van der Waals surface area contributed by atoms with Crippen LogP contribution >= 0.6 is 12.4 Å². The van der Waals surface area contributed by atoms with E-state index >= 15 is 0 Å². The van der Waals surface area contributed by atoms with Gasteiger partial charge in [0.25, 0.3) is 5.91 Å². The zero-order valence-electron chi connectivity index (χ0n) is 15.8. The smallest absolute Gasteiger partial charge is 0.276 e. The van der Waals surface area contributed by atoms with Gasteiger partial charge in [0, 0.05) is 13.1 Å². The van der Waals surface area contributed by atoms with Crippen molar-refractivity contribution in [2.45, 2.75) is 32.2 Å². The molecule has 2 heterocycles. The van der Waals surface area contributed by atoms with Gasteiger partial charge in [0.15, 0.2) is 5.69 Å². The summed E-state index contributed by atoms with van der Waals surface area (Å²) < 4.78 is 1.93. The highest BCUT2D eigenvalue weighted by Crippen LogP contribution is 2.21. The second-order valence-electron chi connectivity index (χ2n) is 6.72. The maximum Gasteiger partial charge on any atom is 0.276 e. The summed E-state index contributed by atoms with van der Waals surface area (Å²) in [6, 6.07) is 10.5. The van der Waals surface area contributed by atoms with E-state index in [1.54, 1.807) is 11.0 Å². The first-order chi connectivity index (χ1) is 12.7. The standard InChI is InChI=1S/C20H27N5O.ClH/c1-3-14-24(15-11-17-7-5-4-6-8-17)20(26)19-16(2)25(23-22-19)18-9-12-21-13-10-18;/h3-8,18,21H,1,9-15H2,2H3;1H. The molecule has 0 saturated carbocycles. The number of rotatable bonds is 7. The van der Waals surface area contributed by atoms with Gasteiger partial charge in [-0.2, -0.15) is 0 Å². The number of aromatic nitrogens is 3. The number of piperidine rings is 1. The van der Waals surface area contributed by atoms with Gasteiger partial charge in [-0.3, -0.25) is 4.79 Å². The third kappa shape index (κ3) is 5.17. The molecule has 1 saturated heterocycles. The van der Waals surface area contributed by atoms with Gasteiger partial charge in [-0.1, -0.05) is 41.6 Å². The molecule has 2 aromatic rings. The van der Waals surface area contributed by atoms with Crippen LogP contribution in [-0.4, -0.2) is 52.0 Å². The van der Waals surface area contributed by atoms with Gasteiger partial charge in [-0.05, 0) is 44.8 Å². The Balaban J connectivity index is 0.00000261. The van der Waals surface area contributed by atoms with Crippen LogP contribution in [0.3, 0.4) is 0 Å². The largest absolute Gasteiger partial charge is 0.333 e. The van der Waals surface area contributed by atoms with Crippen LogP contribution in [0.1, 0.15) is 40.6 Å². The van der Waals surface area contributed by atoms with Crippen molar-refractivity contribution in [3.63, 3.8) is 0 Å². The Morgan fingerprint density at radius 3 is 2.70 bits per heavy atom. The highest BCUT2D eigenvalue weighted by atomic mass is 35.5. The normalized spacial score (nSPS) is 14.4. The van der Waals surface area contributed by atoms with Gasteiger partial charge in [0.05, 0.1) is 11.7 Å². The second kappa shape index (κ2) is 10.2. The number of halogens is 1. The van der Waals surface area contributed by atoms with Crippen LogP contribution in [-0.2, 0) is 6.42 Å². The number of carbonyl (C=O) groups is 1. The summed E-state index contributed by atoms with van der Waals surface area (Å²) in [6.45, 7) is 8.83. The third-order valence-corrected chi connectivity index (χ3v) is 4.93. The van der Waals surface area contributed by atoms with Crippen LogP contribution in [0, 0.1) is 6.92 Å². The van der Waals surface area contributed by atoms with Gasteiger partial charge in [-0.15, -0.1) is 24.1 Å². The SMILES string of the molecule is C=CCN(CCc1ccccc1)C(=O)c1nnn(C2CCNCC2)c1C.Cl. The Morgan fingerprint density at radius 2 is 2.04 bits per heavy atom. The average Bonchev–Trinajstić information content (AvgIpc) is 3.07. The van der Waals surface area contributed by atoms with Crippen LogP contribution in [0.4, 0.5) is 0 Å². The van der Waals surface area contributed by atoms with Crippen molar-refractivity contribution in [2.24, 2.45) is 0 Å². The van der Waals surface area contributed by atoms with Crippen molar-refractivity contribution < 1.29 is 4.79 Å². The number of benzene rings is 1. The molecule has 0 spiro atoms. The lowest BCUT2D eigenvalue weighted by Crippen LogP contribution is -2.34. The fourth-order valence-corrected chi connectivity index (χ4v) is 3.43. The Morgan fingerprint density at radius 1 is 1.33 bits per heavy atom. The van der Waals surface area contributed by atoms with E-state index in [9.17, 15) is 4.79 Å². The maximum absolute atomic E-state index is 13.0. The van der Waals surface area contributed by atoms with Gasteiger partial charge in [0.2, 0.25) is 0 Å². The fraction of sp³-hybridized carbons (Fsp3) is 0.450. The number of hydrogen-bond donors (Lipinski definition) is 1. The summed E-state index contributed by atoms with van der Waals surface area (Å²) in [6.07, 6.45) is 4.60. The van der Waals surface area contributed by atoms with Crippen LogP contribution < -0.4 is 5.32 Å². The number of hydrogen-bond acceptors (Lipinski definition) is 4. The molecule has 1 aliphatic rings. The van der Waals surface area contributed by atoms with Gasteiger partial charge in [-0.25, -0.2) is 4.68 Å². The number of carbonyl (C=O) groups excluding carboxylic acids is 1. The summed E-state index contributed by atoms with van der Waals surface area (Å²) in [7, 11) is 0. The molecule has 3 rings (SSSR count). The Hall–Kier alpha value is -2.18. The molecule has 7 heteroatoms. The van der Waals surface area contributed by atoms with Crippen molar-refractivity contribution in [1.29, 1.82) is 0 Å². The lowest BCUT2D eigenvalue weighted by atomic mass is 10.1. The summed E-state index contributed by atoms with van der Waals surface area (Å²) in [5.74, 6) is -0.0708. The van der Waals surface area contributed by atoms with Crippen LogP contribution in [0.25, 0.3) is 0 Å². The van der Waals surface area contributed by atoms with Crippen LogP contribution in [0.2, 0.25) is 0 Å². The molecule has 1 N–H and O–H groups in total. The first kappa shape index (κ1) is 21.1. The van der Waals surface area contributed by atoms with E-state index in [0.717, 1.165) is 38.0 Å². The van der Waals surface area contributed by atoms with Gasteiger partial charge >= 0.3 is 0 Å². The molecule has 146 valence electrons. The van der Waals surface area contributed by atoms with E-state index in [-0.39, 0.29) is 18.3 Å². The molecule has 0 aliphatic carbocycles. The van der Waals surface area contributed by atoms with E-state index < -0.39 is 0 Å². The molecule has 1 aliphatic heterocycles. The molecule has 1 fully saturated rings. The Kier molecular flexibility index (Phi) is 8.00. The minimum atomic E-state index is -0.0708. The highest BCUT2D eigenvalue weighted by Gasteiger charge is 2.25. The Labute approximate surface area is 167 Å². The summed E-state index contributed by atoms with van der Waals surface area (Å²) in [4.78, 5) is 14.8. The van der Waals surface area contributed by atoms with Crippen molar-refractivity contribution in [3.05, 3.63) is 59.9 Å². The van der Waals surface area contributed by atoms with Crippen molar-refractivity contribution in [2.75, 3.05) is 26.2 Å². The topological polar surface area (TPSA) is 63.1 Å². The predicted molar refractivity (Wildman–Crippen MR) is 109 cm³/mol. The molecule has 1 amide bonds. The molecule has 27 heavy (non-hydrogen) atoms. The molecular formula is C20H28ClN5O. The summed E-state index contributed by atoms with van der Waals surface area (Å²) in [5, 5.41) is 11.9. The van der Waals surface area contributed by atoms with Crippen LogP contribution in [0.5, 0.6) is 0 Å².